The van der Waals surface area contributed by atoms with Gasteiger partial charge in [-0.05, 0) is 18.5 Å². The molecule has 30 heavy (non-hydrogen) atoms. The zero-order chi connectivity index (χ0) is 22.2. The Bertz CT molecular complexity index is 1010. The molecular formula is C17H20ClN5O7. The second kappa shape index (κ2) is 8.03. The molecule has 0 aromatic carbocycles. The summed E-state index contributed by atoms with van der Waals surface area (Å²) in [5.74, 6) is -1.79. The minimum Gasteiger partial charge on any atom is -0.463 e. The topological polar surface area (TPSA) is 158 Å². The zero-order valence-corrected chi connectivity index (χ0v) is 17.4. The number of nitrogens with zero attached hydrogens (tertiary/aromatic N) is 4. The van der Waals surface area contributed by atoms with Crippen LogP contribution < -0.4 is 5.73 Å². The van der Waals surface area contributed by atoms with Gasteiger partial charge in [0.15, 0.2) is 29.9 Å². The van der Waals surface area contributed by atoms with E-state index < -0.39 is 41.9 Å². The van der Waals surface area contributed by atoms with E-state index in [1.165, 1.54) is 31.7 Å². The molecule has 2 unspecified atom stereocenters. The van der Waals surface area contributed by atoms with Gasteiger partial charge < -0.3 is 24.7 Å². The molecule has 2 N–H and O–H groups in total. The van der Waals surface area contributed by atoms with Gasteiger partial charge in [0.1, 0.15) is 17.7 Å². The molecule has 13 heteroatoms. The van der Waals surface area contributed by atoms with Crippen molar-refractivity contribution in [2.24, 2.45) is 0 Å². The van der Waals surface area contributed by atoms with Crippen molar-refractivity contribution < 1.29 is 33.3 Å². The van der Waals surface area contributed by atoms with Gasteiger partial charge >= 0.3 is 17.9 Å². The van der Waals surface area contributed by atoms with Gasteiger partial charge in [0, 0.05) is 20.8 Å². The molecule has 0 bridgehead atoms. The van der Waals surface area contributed by atoms with E-state index in [-0.39, 0.29) is 28.9 Å². The number of carbonyl (C=O) groups is 3. The molecular weight excluding hydrogens is 422 g/mol. The number of halogens is 1. The highest BCUT2D eigenvalue weighted by Gasteiger charge is 2.58. The summed E-state index contributed by atoms with van der Waals surface area (Å²) in [6.45, 7) is 4.93. The Morgan fingerprint density at radius 3 is 2.47 bits per heavy atom. The summed E-state index contributed by atoms with van der Waals surface area (Å²) in [7, 11) is 0. The quantitative estimate of drug-likeness (QED) is 0.396. The first-order valence-electron chi connectivity index (χ1n) is 8.83. The molecule has 12 nitrogen and oxygen atoms in total. The van der Waals surface area contributed by atoms with Crippen LogP contribution in [0.4, 0.5) is 5.82 Å². The van der Waals surface area contributed by atoms with Crippen molar-refractivity contribution >= 4 is 46.5 Å². The number of fused-ring (bicyclic) bond motifs is 1. The standard InChI is InChI=1S/C17H20ClN5O7/c1-7(24)27-5-17(4)12(29-9(3)26)11(28-8(2)25)15(30-17)23-6-20-10-13(19)21-16(18)22-14(10)23/h6,11-12,15H,5H2,1-4H3,(H2,19,21,22)/t11?,12?,15-,17-/m1/s1. The fraction of sp³-hybridized carbons (Fsp3) is 0.529. The monoisotopic (exact) mass is 441 g/mol. The third-order valence-corrected chi connectivity index (χ3v) is 4.59. The highest BCUT2D eigenvalue weighted by atomic mass is 35.5. The van der Waals surface area contributed by atoms with Crippen molar-refractivity contribution in [3.63, 3.8) is 0 Å². The van der Waals surface area contributed by atoms with Gasteiger partial charge in [0.25, 0.3) is 0 Å². The Kier molecular flexibility index (Phi) is 5.81. The number of esters is 3. The van der Waals surface area contributed by atoms with E-state index in [1.54, 1.807) is 6.92 Å². The molecule has 1 saturated heterocycles. The number of anilines is 1. The lowest BCUT2D eigenvalue weighted by Crippen LogP contribution is -2.48. The largest absolute Gasteiger partial charge is 0.463 e. The van der Waals surface area contributed by atoms with Crippen LogP contribution in [0.25, 0.3) is 11.2 Å². The molecule has 1 aliphatic heterocycles. The van der Waals surface area contributed by atoms with E-state index >= 15 is 0 Å². The summed E-state index contributed by atoms with van der Waals surface area (Å²) >= 11 is 5.92. The minimum absolute atomic E-state index is 0.0463. The number of ether oxygens (including phenoxy) is 4. The lowest BCUT2D eigenvalue weighted by Gasteiger charge is -2.29. The minimum atomic E-state index is -1.35. The second-order valence-electron chi connectivity index (χ2n) is 6.91. The predicted molar refractivity (Wildman–Crippen MR) is 101 cm³/mol. The molecule has 0 aliphatic carbocycles. The molecule has 1 fully saturated rings. The number of hydrogen-bond acceptors (Lipinski definition) is 11. The first kappa shape index (κ1) is 21.7. The van der Waals surface area contributed by atoms with E-state index in [4.69, 9.17) is 36.3 Å². The van der Waals surface area contributed by atoms with Crippen molar-refractivity contribution in [1.82, 2.24) is 19.5 Å². The second-order valence-corrected chi connectivity index (χ2v) is 7.25. The number of nitrogen functional groups attached to an aromatic ring is 1. The molecule has 2 aromatic heterocycles. The van der Waals surface area contributed by atoms with Crippen LogP contribution in [0.15, 0.2) is 6.33 Å². The summed E-state index contributed by atoms with van der Waals surface area (Å²) in [5.41, 5.74) is 4.97. The van der Waals surface area contributed by atoms with E-state index in [2.05, 4.69) is 15.0 Å². The third-order valence-electron chi connectivity index (χ3n) is 4.42. The molecule has 1 aliphatic rings. The molecule has 162 valence electrons. The predicted octanol–water partition coefficient (Wildman–Crippen LogP) is 0.776. The van der Waals surface area contributed by atoms with Crippen molar-refractivity contribution in [3.8, 4) is 0 Å². The first-order chi connectivity index (χ1) is 14.0. The fourth-order valence-corrected chi connectivity index (χ4v) is 3.43. The maximum atomic E-state index is 11.8. The summed E-state index contributed by atoms with van der Waals surface area (Å²) in [6, 6.07) is 0. The Hall–Kier alpha value is -2.99. The third kappa shape index (κ3) is 4.14. The molecule has 2 aromatic rings. The summed E-state index contributed by atoms with van der Waals surface area (Å²) in [4.78, 5) is 47.0. The van der Waals surface area contributed by atoms with Gasteiger partial charge in [-0.1, -0.05) is 0 Å². The summed E-state index contributed by atoms with van der Waals surface area (Å²) in [5, 5.41) is -0.122. The van der Waals surface area contributed by atoms with E-state index in [1.807, 2.05) is 0 Å². The number of nitrogens with two attached hydrogens (primary N) is 1. The highest BCUT2D eigenvalue weighted by Crippen LogP contribution is 2.42. The number of aromatic nitrogens is 4. The van der Waals surface area contributed by atoms with Crippen LogP contribution in [-0.2, 0) is 33.3 Å². The Morgan fingerprint density at radius 1 is 1.20 bits per heavy atom. The number of hydrogen-bond donors (Lipinski definition) is 1. The maximum absolute atomic E-state index is 11.8. The zero-order valence-electron chi connectivity index (χ0n) is 16.6. The van der Waals surface area contributed by atoms with E-state index in [0.29, 0.717) is 0 Å². The van der Waals surface area contributed by atoms with Crippen molar-refractivity contribution in [3.05, 3.63) is 11.6 Å². The Labute approximate surface area is 175 Å². The van der Waals surface area contributed by atoms with Crippen LogP contribution in [0.5, 0.6) is 0 Å². The van der Waals surface area contributed by atoms with Gasteiger partial charge in [0.2, 0.25) is 5.28 Å². The summed E-state index contributed by atoms with van der Waals surface area (Å²) < 4.78 is 23.5. The molecule has 4 atom stereocenters. The molecule has 3 heterocycles. The van der Waals surface area contributed by atoms with Gasteiger partial charge in [-0.25, -0.2) is 4.98 Å². The average molecular weight is 442 g/mol. The normalized spacial score (nSPS) is 25.8. The SMILES string of the molecule is CC(=O)OC[C@@]1(C)O[C@@H](n2cnc3c(N)nc(Cl)nc32)C(OC(C)=O)C1OC(C)=O. The first-order valence-corrected chi connectivity index (χ1v) is 9.21. The molecule has 0 saturated carbocycles. The Morgan fingerprint density at radius 2 is 1.87 bits per heavy atom. The molecule has 0 radical (unpaired) electrons. The fourth-order valence-electron chi connectivity index (χ4n) is 3.26. The van der Waals surface area contributed by atoms with Crippen LogP contribution in [0, 0.1) is 0 Å². The van der Waals surface area contributed by atoms with Crippen molar-refractivity contribution in [1.29, 1.82) is 0 Å². The van der Waals surface area contributed by atoms with Crippen LogP contribution in [0.3, 0.4) is 0 Å². The van der Waals surface area contributed by atoms with E-state index in [0.717, 1.165) is 0 Å². The van der Waals surface area contributed by atoms with Gasteiger partial charge in [-0.15, -0.1) is 0 Å². The van der Waals surface area contributed by atoms with Crippen LogP contribution in [0.1, 0.15) is 33.9 Å². The van der Waals surface area contributed by atoms with E-state index in [9.17, 15) is 14.4 Å². The smallest absolute Gasteiger partial charge is 0.303 e. The highest BCUT2D eigenvalue weighted by molar-refractivity contribution is 6.28. The summed E-state index contributed by atoms with van der Waals surface area (Å²) in [6.07, 6.45) is -1.90. The maximum Gasteiger partial charge on any atom is 0.303 e. The number of rotatable bonds is 5. The average Bonchev–Trinajstić information content (AvgIpc) is 3.14. The number of imidazole rings is 1. The van der Waals surface area contributed by atoms with Gasteiger partial charge in [-0.3, -0.25) is 19.0 Å². The number of carbonyl (C=O) groups excluding carboxylic acids is 3. The van der Waals surface area contributed by atoms with Crippen LogP contribution in [-0.4, -0.2) is 61.8 Å². The lowest BCUT2D eigenvalue weighted by molar-refractivity contribution is -0.174. The Balaban J connectivity index is 2.11. The van der Waals surface area contributed by atoms with Gasteiger partial charge in [0.05, 0.1) is 6.33 Å². The molecule has 0 spiro atoms. The van der Waals surface area contributed by atoms with Gasteiger partial charge in [-0.2, -0.15) is 9.97 Å². The lowest BCUT2D eigenvalue weighted by atomic mass is 9.97. The van der Waals surface area contributed by atoms with Crippen molar-refractivity contribution in [2.45, 2.75) is 51.7 Å². The molecule has 0 amide bonds. The van der Waals surface area contributed by atoms with Crippen LogP contribution >= 0.6 is 11.6 Å². The molecule has 3 rings (SSSR count). The van der Waals surface area contributed by atoms with Crippen LogP contribution in [0.2, 0.25) is 5.28 Å². The van der Waals surface area contributed by atoms with Crippen molar-refractivity contribution in [2.75, 3.05) is 12.3 Å².